The van der Waals surface area contributed by atoms with Gasteiger partial charge in [-0.3, -0.25) is 0 Å². The van der Waals surface area contributed by atoms with E-state index in [1.54, 1.807) is 0 Å². The van der Waals surface area contributed by atoms with Crippen LogP contribution in [0.15, 0.2) is 30.3 Å². The van der Waals surface area contributed by atoms with Crippen LogP contribution in [-0.2, 0) is 0 Å². The molecule has 3 unspecified atom stereocenters. The molecule has 106 valence electrons. The van der Waals surface area contributed by atoms with Gasteiger partial charge in [-0.15, -0.1) is 0 Å². The summed E-state index contributed by atoms with van der Waals surface area (Å²) in [6, 6.07) is 10.7. The lowest BCUT2D eigenvalue weighted by Gasteiger charge is -2.50. The zero-order chi connectivity index (χ0) is 13.9. The Bertz CT molecular complexity index is 390. The van der Waals surface area contributed by atoms with Gasteiger partial charge in [0.1, 0.15) is 0 Å². The number of hydrogen-bond donors (Lipinski definition) is 1. The van der Waals surface area contributed by atoms with Crippen LogP contribution in [0, 0.1) is 11.8 Å². The Morgan fingerprint density at radius 3 is 2.42 bits per heavy atom. The maximum absolute atomic E-state index is 6.22. The van der Waals surface area contributed by atoms with Gasteiger partial charge < -0.3 is 10.6 Å². The Labute approximate surface area is 118 Å². The Balaban J connectivity index is 2.28. The first kappa shape index (κ1) is 14.4. The van der Waals surface area contributed by atoms with Gasteiger partial charge in [0.2, 0.25) is 0 Å². The molecule has 0 bridgehead atoms. The summed E-state index contributed by atoms with van der Waals surface area (Å²) in [5, 5.41) is 0. The molecule has 2 rings (SSSR count). The zero-order valence-electron chi connectivity index (χ0n) is 12.6. The molecular weight excluding hydrogens is 232 g/mol. The number of nitrogens with zero attached hydrogens (tertiary/aromatic N) is 1. The van der Waals surface area contributed by atoms with Crippen LogP contribution in [0.3, 0.4) is 0 Å². The monoisotopic (exact) mass is 260 g/mol. The van der Waals surface area contributed by atoms with E-state index in [4.69, 9.17) is 5.73 Å². The van der Waals surface area contributed by atoms with Gasteiger partial charge in [-0.1, -0.05) is 32.0 Å². The molecule has 2 heteroatoms. The van der Waals surface area contributed by atoms with Gasteiger partial charge in [0.15, 0.2) is 0 Å². The fourth-order valence-electron chi connectivity index (χ4n) is 3.62. The van der Waals surface area contributed by atoms with Gasteiger partial charge >= 0.3 is 0 Å². The Kier molecular flexibility index (Phi) is 4.51. The highest BCUT2D eigenvalue weighted by atomic mass is 15.2. The summed E-state index contributed by atoms with van der Waals surface area (Å²) in [6.07, 6.45) is 3.73. The number of likely N-dealkylation sites (N-methyl/N-ethyl adjacent to an activating group) is 1. The van der Waals surface area contributed by atoms with Gasteiger partial charge in [0.05, 0.1) is 5.54 Å². The molecule has 0 aliphatic heterocycles. The molecule has 3 atom stereocenters. The normalized spacial score (nSPS) is 31.2. The predicted octanol–water partition coefficient (Wildman–Crippen LogP) is 3.67. The standard InChI is InChI=1S/C17H28N2/c1-4-19(16-8-6-5-7-9-16)17(13-18)11-10-14(2)15(3)12-17/h5-9,14-15H,4,10-13,18H2,1-3H3. The number of hydrogen-bond acceptors (Lipinski definition) is 2. The lowest BCUT2D eigenvalue weighted by Crippen LogP contribution is -2.57. The number of para-hydroxylation sites is 1. The van der Waals surface area contributed by atoms with Crippen molar-refractivity contribution in [2.75, 3.05) is 18.0 Å². The number of nitrogens with two attached hydrogens (primary N) is 1. The molecular formula is C17H28N2. The smallest absolute Gasteiger partial charge is 0.0526 e. The van der Waals surface area contributed by atoms with Crippen molar-refractivity contribution < 1.29 is 0 Å². The van der Waals surface area contributed by atoms with Crippen molar-refractivity contribution in [2.24, 2.45) is 17.6 Å². The third-order valence-corrected chi connectivity index (χ3v) is 5.08. The topological polar surface area (TPSA) is 29.3 Å². The molecule has 2 N–H and O–H groups in total. The summed E-state index contributed by atoms with van der Waals surface area (Å²) >= 11 is 0. The van der Waals surface area contributed by atoms with Crippen molar-refractivity contribution in [3.8, 4) is 0 Å². The van der Waals surface area contributed by atoms with E-state index >= 15 is 0 Å². The quantitative estimate of drug-likeness (QED) is 0.895. The minimum atomic E-state index is 0.155. The van der Waals surface area contributed by atoms with Crippen molar-refractivity contribution in [1.29, 1.82) is 0 Å². The SMILES string of the molecule is CCN(c1ccccc1)C1(CN)CCC(C)C(C)C1. The van der Waals surface area contributed by atoms with E-state index in [-0.39, 0.29) is 5.54 Å². The summed E-state index contributed by atoms with van der Waals surface area (Å²) in [4.78, 5) is 2.54. The van der Waals surface area contributed by atoms with Gasteiger partial charge in [-0.05, 0) is 50.2 Å². The van der Waals surface area contributed by atoms with E-state index in [1.165, 1.54) is 24.9 Å². The van der Waals surface area contributed by atoms with Crippen molar-refractivity contribution in [2.45, 2.75) is 45.6 Å². The van der Waals surface area contributed by atoms with E-state index in [0.717, 1.165) is 24.9 Å². The van der Waals surface area contributed by atoms with Gasteiger partial charge in [0.25, 0.3) is 0 Å². The average molecular weight is 260 g/mol. The first-order valence-corrected chi connectivity index (χ1v) is 7.65. The molecule has 0 amide bonds. The second kappa shape index (κ2) is 5.96. The molecule has 0 aromatic heterocycles. The van der Waals surface area contributed by atoms with Crippen LogP contribution in [0.25, 0.3) is 0 Å². The van der Waals surface area contributed by atoms with E-state index in [2.05, 4.69) is 56.0 Å². The first-order chi connectivity index (χ1) is 9.13. The molecule has 0 radical (unpaired) electrons. The summed E-state index contributed by atoms with van der Waals surface area (Å²) in [5.74, 6) is 1.59. The average Bonchev–Trinajstić information content (AvgIpc) is 2.45. The van der Waals surface area contributed by atoms with Crippen LogP contribution < -0.4 is 10.6 Å². The van der Waals surface area contributed by atoms with Crippen molar-refractivity contribution >= 4 is 5.69 Å². The minimum Gasteiger partial charge on any atom is -0.365 e. The van der Waals surface area contributed by atoms with E-state index in [9.17, 15) is 0 Å². The number of rotatable bonds is 4. The highest BCUT2D eigenvalue weighted by Crippen LogP contribution is 2.41. The lowest BCUT2D eigenvalue weighted by molar-refractivity contribution is 0.172. The Hall–Kier alpha value is -1.02. The van der Waals surface area contributed by atoms with Crippen LogP contribution in [0.4, 0.5) is 5.69 Å². The lowest BCUT2D eigenvalue weighted by atomic mass is 9.70. The third kappa shape index (κ3) is 2.79. The van der Waals surface area contributed by atoms with Crippen molar-refractivity contribution in [3.63, 3.8) is 0 Å². The molecule has 1 aliphatic carbocycles. The first-order valence-electron chi connectivity index (χ1n) is 7.65. The molecule has 0 saturated heterocycles. The molecule has 19 heavy (non-hydrogen) atoms. The minimum absolute atomic E-state index is 0.155. The molecule has 1 aromatic carbocycles. The Morgan fingerprint density at radius 1 is 1.21 bits per heavy atom. The summed E-state index contributed by atoms with van der Waals surface area (Å²) < 4.78 is 0. The van der Waals surface area contributed by atoms with Crippen molar-refractivity contribution in [1.82, 2.24) is 0 Å². The van der Waals surface area contributed by atoms with E-state index < -0.39 is 0 Å². The van der Waals surface area contributed by atoms with Crippen molar-refractivity contribution in [3.05, 3.63) is 30.3 Å². The number of benzene rings is 1. The van der Waals surface area contributed by atoms with Crippen LogP contribution in [-0.4, -0.2) is 18.6 Å². The van der Waals surface area contributed by atoms with Crippen LogP contribution in [0.1, 0.15) is 40.0 Å². The summed E-state index contributed by atoms with van der Waals surface area (Å²) in [5.41, 5.74) is 7.69. The number of anilines is 1. The molecule has 1 aromatic rings. The highest BCUT2D eigenvalue weighted by Gasteiger charge is 2.40. The van der Waals surface area contributed by atoms with Crippen LogP contribution in [0.2, 0.25) is 0 Å². The summed E-state index contributed by atoms with van der Waals surface area (Å²) in [7, 11) is 0. The van der Waals surface area contributed by atoms with Crippen LogP contribution >= 0.6 is 0 Å². The molecule has 1 fully saturated rings. The molecule has 0 spiro atoms. The van der Waals surface area contributed by atoms with E-state index in [0.29, 0.717) is 0 Å². The predicted molar refractivity (Wildman–Crippen MR) is 83.4 cm³/mol. The zero-order valence-corrected chi connectivity index (χ0v) is 12.6. The van der Waals surface area contributed by atoms with Gasteiger partial charge in [-0.2, -0.15) is 0 Å². The largest absolute Gasteiger partial charge is 0.365 e. The maximum atomic E-state index is 6.22. The molecule has 1 saturated carbocycles. The van der Waals surface area contributed by atoms with Gasteiger partial charge in [-0.25, -0.2) is 0 Å². The molecule has 0 heterocycles. The third-order valence-electron chi connectivity index (χ3n) is 5.08. The Morgan fingerprint density at radius 2 is 1.89 bits per heavy atom. The second-order valence-corrected chi connectivity index (χ2v) is 6.21. The van der Waals surface area contributed by atoms with Gasteiger partial charge in [0, 0.05) is 18.8 Å². The van der Waals surface area contributed by atoms with Crippen LogP contribution in [0.5, 0.6) is 0 Å². The molecule has 1 aliphatic rings. The fraction of sp³-hybridized carbons (Fsp3) is 0.647. The highest BCUT2D eigenvalue weighted by molar-refractivity contribution is 5.49. The molecule has 2 nitrogen and oxygen atoms in total. The fourth-order valence-corrected chi connectivity index (χ4v) is 3.62. The maximum Gasteiger partial charge on any atom is 0.0526 e. The summed E-state index contributed by atoms with van der Waals surface area (Å²) in [6.45, 7) is 8.79. The van der Waals surface area contributed by atoms with E-state index in [1.807, 2.05) is 0 Å². The second-order valence-electron chi connectivity index (χ2n) is 6.21.